The summed E-state index contributed by atoms with van der Waals surface area (Å²) in [6.07, 6.45) is 6.89. The fraction of sp³-hybridized carbons (Fsp3) is 0.905. The Labute approximate surface area is 186 Å². The molecule has 0 spiro atoms. The molecule has 1 N–H and O–H groups in total. The van der Waals surface area contributed by atoms with Gasteiger partial charge >= 0.3 is 27.3 Å². The molecule has 8 nitrogen and oxygen atoms in total. The van der Waals surface area contributed by atoms with Crippen LogP contribution in [0.15, 0.2) is 0 Å². The van der Waals surface area contributed by atoms with E-state index in [4.69, 9.17) is 18.8 Å². The second-order valence-corrected chi connectivity index (χ2v) is 11.8. The Kier molecular flexibility index (Phi) is 6.07. The van der Waals surface area contributed by atoms with Gasteiger partial charge in [0, 0.05) is 0 Å². The number of halogens is 2. The molecule has 11 heteroatoms. The predicted octanol–water partition coefficient (Wildman–Crippen LogP) is 3.24. The second-order valence-electron chi connectivity index (χ2n) is 10.3. The van der Waals surface area contributed by atoms with Crippen LogP contribution >= 0.6 is 0 Å². The van der Waals surface area contributed by atoms with E-state index < -0.39 is 44.6 Å². The van der Waals surface area contributed by atoms with Crippen molar-refractivity contribution in [3.8, 4) is 0 Å². The Balaban J connectivity index is 1.36. The Bertz CT molecular complexity index is 851. The van der Waals surface area contributed by atoms with Gasteiger partial charge < -0.3 is 14.2 Å². The molecular formula is C21H30F2O8S. The fourth-order valence-electron chi connectivity index (χ4n) is 6.49. The van der Waals surface area contributed by atoms with Gasteiger partial charge in [-0.15, -0.1) is 0 Å². The van der Waals surface area contributed by atoms with Crippen LogP contribution in [0.5, 0.6) is 0 Å². The molecule has 2 atom stereocenters. The van der Waals surface area contributed by atoms with Gasteiger partial charge in [-0.1, -0.05) is 6.42 Å². The minimum absolute atomic E-state index is 0.187. The molecule has 0 aromatic heterocycles. The van der Waals surface area contributed by atoms with Gasteiger partial charge in [-0.3, -0.25) is 4.55 Å². The van der Waals surface area contributed by atoms with Gasteiger partial charge in [0.05, 0.1) is 5.60 Å². The van der Waals surface area contributed by atoms with Crippen LogP contribution in [0.4, 0.5) is 8.78 Å². The van der Waals surface area contributed by atoms with E-state index >= 15 is 0 Å². The summed E-state index contributed by atoms with van der Waals surface area (Å²) in [7, 11) is -5.91. The summed E-state index contributed by atoms with van der Waals surface area (Å²) < 4.78 is 74.4. The Morgan fingerprint density at radius 2 is 1.66 bits per heavy atom. The molecule has 0 saturated heterocycles. The molecule has 0 radical (unpaired) electrons. The van der Waals surface area contributed by atoms with Crippen molar-refractivity contribution in [2.75, 3.05) is 6.61 Å². The lowest BCUT2D eigenvalue weighted by Crippen LogP contribution is -2.60. The molecule has 4 bridgehead atoms. The molecule has 5 rings (SSSR count). The summed E-state index contributed by atoms with van der Waals surface area (Å²) in [6, 6.07) is 0. The van der Waals surface area contributed by atoms with Crippen LogP contribution in [0.25, 0.3) is 0 Å². The third kappa shape index (κ3) is 4.52. The van der Waals surface area contributed by atoms with Gasteiger partial charge in [-0.25, -0.2) is 9.59 Å². The van der Waals surface area contributed by atoms with E-state index in [1.165, 1.54) is 0 Å². The summed E-state index contributed by atoms with van der Waals surface area (Å²) in [5, 5.41) is -5.01. The number of carbonyl (C=O) groups is 2. The maximum absolute atomic E-state index is 13.7. The smallest absolute Gasteiger partial charge is 0.458 e. The van der Waals surface area contributed by atoms with Gasteiger partial charge in [0.2, 0.25) is 0 Å². The van der Waals surface area contributed by atoms with E-state index in [1.54, 1.807) is 0 Å². The van der Waals surface area contributed by atoms with Gasteiger partial charge in [-0.05, 0) is 82.5 Å². The van der Waals surface area contributed by atoms with E-state index in [2.05, 4.69) is 0 Å². The molecule has 5 aliphatic rings. The Hall–Kier alpha value is -1.33. The van der Waals surface area contributed by atoms with E-state index in [1.807, 2.05) is 6.92 Å². The number of alkyl halides is 2. The third-order valence-corrected chi connectivity index (χ3v) is 8.52. The maximum atomic E-state index is 13.7. The highest BCUT2D eigenvalue weighted by atomic mass is 32.2. The number of hydrogen-bond acceptors (Lipinski definition) is 7. The fourth-order valence-corrected chi connectivity index (χ4v) is 6.75. The quantitative estimate of drug-likeness (QED) is 0.436. The number of hydrogen-bond donors (Lipinski definition) is 1. The van der Waals surface area contributed by atoms with Crippen molar-refractivity contribution in [2.24, 2.45) is 17.8 Å². The standard InChI is InChI=1S/C21H30F2O8S/c1-19(5-3-2-4-6-19)31-16(24)12-29-20-9-13-7-14(10-20)17(15(8-13)11-20)30-18(25)21(22,23)32(26,27)28/h13-15,17H,2-12H2,1H3,(H,26,27,28). The van der Waals surface area contributed by atoms with Crippen molar-refractivity contribution in [1.82, 2.24) is 0 Å². The average Bonchev–Trinajstić information content (AvgIpc) is 2.68. The van der Waals surface area contributed by atoms with E-state index in [-0.39, 0.29) is 24.4 Å². The molecular weight excluding hydrogens is 450 g/mol. The summed E-state index contributed by atoms with van der Waals surface area (Å²) in [6.45, 7) is 1.75. The minimum atomic E-state index is -5.91. The zero-order chi connectivity index (χ0) is 23.4. The van der Waals surface area contributed by atoms with Crippen molar-refractivity contribution in [1.29, 1.82) is 0 Å². The largest absolute Gasteiger partial charge is 0.465 e. The molecule has 5 aliphatic carbocycles. The summed E-state index contributed by atoms with van der Waals surface area (Å²) >= 11 is 0. The highest BCUT2D eigenvalue weighted by Gasteiger charge is 2.60. The molecule has 0 aliphatic heterocycles. The molecule has 32 heavy (non-hydrogen) atoms. The lowest BCUT2D eigenvalue weighted by atomic mass is 9.53. The molecule has 0 heterocycles. The zero-order valence-corrected chi connectivity index (χ0v) is 18.9. The summed E-state index contributed by atoms with van der Waals surface area (Å²) in [4.78, 5) is 24.3. The van der Waals surface area contributed by atoms with Crippen LogP contribution < -0.4 is 0 Å². The first-order valence-electron chi connectivity index (χ1n) is 11.2. The van der Waals surface area contributed by atoms with Gasteiger partial charge in [0.1, 0.15) is 18.3 Å². The number of ether oxygens (including phenoxy) is 3. The predicted molar refractivity (Wildman–Crippen MR) is 106 cm³/mol. The van der Waals surface area contributed by atoms with E-state index in [0.29, 0.717) is 25.7 Å². The van der Waals surface area contributed by atoms with E-state index in [0.717, 1.165) is 38.5 Å². The Morgan fingerprint density at radius 3 is 2.22 bits per heavy atom. The first-order chi connectivity index (χ1) is 14.8. The highest BCUT2D eigenvalue weighted by Crippen LogP contribution is 2.58. The maximum Gasteiger partial charge on any atom is 0.465 e. The topological polar surface area (TPSA) is 116 Å². The van der Waals surface area contributed by atoms with Gasteiger partial charge in [0.25, 0.3) is 0 Å². The summed E-state index contributed by atoms with van der Waals surface area (Å²) in [5.74, 6) is -2.95. The van der Waals surface area contributed by atoms with Crippen molar-refractivity contribution >= 4 is 22.1 Å². The van der Waals surface area contributed by atoms with Crippen LogP contribution in [-0.2, 0) is 33.9 Å². The Morgan fingerprint density at radius 1 is 1.06 bits per heavy atom. The van der Waals surface area contributed by atoms with Crippen molar-refractivity contribution < 1.29 is 45.6 Å². The molecule has 182 valence electrons. The van der Waals surface area contributed by atoms with Gasteiger partial charge in [0.15, 0.2) is 0 Å². The molecule has 0 aromatic carbocycles. The van der Waals surface area contributed by atoms with Crippen molar-refractivity contribution in [3.05, 3.63) is 0 Å². The monoisotopic (exact) mass is 480 g/mol. The van der Waals surface area contributed by atoms with Crippen LogP contribution in [-0.4, -0.2) is 54.1 Å². The SMILES string of the molecule is CC1(OC(=O)COC23CC4CC(C2)C(OC(=O)C(F)(F)S(=O)(=O)O)C(C4)C3)CCCCC1. The molecule has 5 saturated carbocycles. The lowest BCUT2D eigenvalue weighted by molar-refractivity contribution is -0.224. The first-order valence-corrected chi connectivity index (χ1v) is 12.7. The second kappa shape index (κ2) is 8.16. The molecule has 0 aromatic rings. The van der Waals surface area contributed by atoms with Crippen molar-refractivity contribution in [2.45, 2.75) is 93.7 Å². The minimum Gasteiger partial charge on any atom is -0.458 e. The number of rotatable bonds is 7. The van der Waals surface area contributed by atoms with E-state index in [9.17, 15) is 26.8 Å². The third-order valence-electron chi connectivity index (χ3n) is 7.70. The average molecular weight is 481 g/mol. The summed E-state index contributed by atoms with van der Waals surface area (Å²) in [5.41, 5.74) is -1.06. The molecule has 2 unspecified atom stereocenters. The van der Waals surface area contributed by atoms with Crippen LogP contribution in [0.2, 0.25) is 0 Å². The highest BCUT2D eigenvalue weighted by molar-refractivity contribution is 7.87. The van der Waals surface area contributed by atoms with Crippen molar-refractivity contribution in [3.63, 3.8) is 0 Å². The molecule has 0 amide bonds. The zero-order valence-electron chi connectivity index (χ0n) is 18.1. The van der Waals surface area contributed by atoms with Crippen LogP contribution in [0.1, 0.15) is 71.1 Å². The van der Waals surface area contributed by atoms with Crippen LogP contribution in [0.3, 0.4) is 0 Å². The number of carbonyl (C=O) groups excluding carboxylic acids is 2. The number of esters is 2. The lowest BCUT2D eigenvalue weighted by Gasteiger charge is -2.58. The normalized spacial score (nSPS) is 36.0. The van der Waals surface area contributed by atoms with Crippen LogP contribution in [0, 0.1) is 17.8 Å². The van der Waals surface area contributed by atoms with Gasteiger partial charge in [-0.2, -0.15) is 17.2 Å². The molecule has 5 fully saturated rings. The first kappa shape index (κ1) is 23.8.